The van der Waals surface area contributed by atoms with Crippen molar-refractivity contribution in [1.29, 1.82) is 5.26 Å². The van der Waals surface area contributed by atoms with E-state index < -0.39 is 5.41 Å². The summed E-state index contributed by atoms with van der Waals surface area (Å²) in [5, 5.41) is 12.7. The Balaban J connectivity index is 2.12. The summed E-state index contributed by atoms with van der Waals surface area (Å²) in [6.45, 7) is 0. The molecule has 1 aromatic heterocycles. The average molecular weight is 278 g/mol. The molecule has 0 unspecified atom stereocenters. The number of carbonyl (C=O) groups excluding carboxylic acids is 1. The van der Waals surface area contributed by atoms with Crippen LogP contribution in [0.25, 0.3) is 0 Å². The molecular formula is C14H16ClN3O. The van der Waals surface area contributed by atoms with Gasteiger partial charge in [-0.05, 0) is 25.0 Å². The molecule has 5 heteroatoms. The maximum atomic E-state index is 12.4. The van der Waals surface area contributed by atoms with E-state index in [4.69, 9.17) is 11.6 Å². The van der Waals surface area contributed by atoms with Gasteiger partial charge in [0.1, 0.15) is 11.2 Å². The van der Waals surface area contributed by atoms with Crippen LogP contribution in [-0.4, -0.2) is 10.9 Å². The van der Waals surface area contributed by atoms with E-state index in [1.807, 2.05) is 0 Å². The zero-order valence-corrected chi connectivity index (χ0v) is 11.4. The van der Waals surface area contributed by atoms with E-state index in [0.29, 0.717) is 23.7 Å². The predicted octanol–water partition coefficient (Wildman–Crippen LogP) is 3.54. The summed E-state index contributed by atoms with van der Waals surface area (Å²) < 4.78 is 0. The summed E-state index contributed by atoms with van der Waals surface area (Å²) in [6, 6.07) is 5.53. The van der Waals surface area contributed by atoms with Gasteiger partial charge in [-0.15, -0.1) is 0 Å². The van der Waals surface area contributed by atoms with E-state index >= 15 is 0 Å². The summed E-state index contributed by atoms with van der Waals surface area (Å²) in [7, 11) is 0. The van der Waals surface area contributed by atoms with Crippen LogP contribution in [0.1, 0.15) is 38.5 Å². The number of nitrogens with one attached hydrogen (secondary N) is 1. The summed E-state index contributed by atoms with van der Waals surface area (Å²) >= 11 is 5.75. The van der Waals surface area contributed by atoms with E-state index in [0.717, 1.165) is 25.7 Å². The molecule has 0 atom stereocenters. The van der Waals surface area contributed by atoms with Crippen LogP contribution in [0.5, 0.6) is 0 Å². The maximum absolute atomic E-state index is 12.4. The van der Waals surface area contributed by atoms with Gasteiger partial charge in [0, 0.05) is 6.20 Å². The number of aromatic nitrogens is 1. The standard InChI is InChI=1S/C14H16ClN3O/c15-11-5-6-12(17-9-11)18-13(19)14(10-16)7-3-1-2-4-8-14/h5-6,9H,1-4,7-8H2,(H,17,18,19). The Morgan fingerprint density at radius 3 is 2.53 bits per heavy atom. The smallest absolute Gasteiger partial charge is 0.246 e. The molecule has 0 aliphatic heterocycles. The number of nitriles is 1. The second-order valence-electron chi connectivity index (χ2n) is 4.92. The van der Waals surface area contributed by atoms with E-state index in [-0.39, 0.29) is 5.91 Å². The third-order valence-electron chi connectivity index (χ3n) is 3.57. The molecule has 1 amide bonds. The van der Waals surface area contributed by atoms with Gasteiger partial charge in [-0.3, -0.25) is 4.79 Å². The number of rotatable bonds is 2. The molecule has 1 aliphatic rings. The predicted molar refractivity (Wildman–Crippen MR) is 73.6 cm³/mol. The zero-order valence-electron chi connectivity index (χ0n) is 10.7. The van der Waals surface area contributed by atoms with Crippen molar-refractivity contribution in [3.8, 4) is 6.07 Å². The largest absolute Gasteiger partial charge is 0.309 e. The molecule has 0 radical (unpaired) electrons. The highest BCUT2D eigenvalue weighted by Gasteiger charge is 2.39. The molecule has 1 N–H and O–H groups in total. The molecular weight excluding hydrogens is 262 g/mol. The number of pyridine rings is 1. The fraction of sp³-hybridized carbons (Fsp3) is 0.500. The molecule has 0 spiro atoms. The van der Waals surface area contributed by atoms with E-state index in [1.54, 1.807) is 12.1 Å². The summed E-state index contributed by atoms with van der Waals surface area (Å²) in [4.78, 5) is 16.4. The molecule has 19 heavy (non-hydrogen) atoms. The quantitative estimate of drug-likeness (QED) is 0.841. The average Bonchev–Trinajstić information content (AvgIpc) is 2.67. The van der Waals surface area contributed by atoms with Crippen LogP contribution in [0.15, 0.2) is 18.3 Å². The van der Waals surface area contributed by atoms with Gasteiger partial charge in [0.05, 0.1) is 11.1 Å². The Hall–Kier alpha value is -1.60. The highest BCUT2D eigenvalue weighted by molar-refractivity contribution is 6.30. The molecule has 100 valence electrons. The van der Waals surface area contributed by atoms with Crippen LogP contribution in [0.2, 0.25) is 5.02 Å². The van der Waals surface area contributed by atoms with Crippen molar-refractivity contribution in [2.45, 2.75) is 38.5 Å². The number of amides is 1. The van der Waals surface area contributed by atoms with Crippen LogP contribution in [0.3, 0.4) is 0 Å². The first-order valence-electron chi connectivity index (χ1n) is 6.50. The van der Waals surface area contributed by atoms with Crippen molar-refractivity contribution in [2.24, 2.45) is 5.41 Å². The third kappa shape index (κ3) is 3.24. The maximum Gasteiger partial charge on any atom is 0.246 e. The SMILES string of the molecule is N#CC1(C(=O)Nc2ccc(Cl)cn2)CCCCCC1. The molecule has 2 rings (SSSR count). The zero-order chi connectivity index (χ0) is 13.7. The van der Waals surface area contributed by atoms with Gasteiger partial charge in [0.15, 0.2) is 0 Å². The molecule has 1 heterocycles. The van der Waals surface area contributed by atoms with Crippen molar-refractivity contribution in [3.63, 3.8) is 0 Å². The molecule has 0 saturated heterocycles. The second kappa shape index (κ2) is 6.03. The van der Waals surface area contributed by atoms with Gasteiger partial charge in [0.2, 0.25) is 5.91 Å². The molecule has 4 nitrogen and oxygen atoms in total. The number of hydrogen-bond donors (Lipinski definition) is 1. The normalized spacial score (nSPS) is 18.1. The minimum atomic E-state index is -0.905. The van der Waals surface area contributed by atoms with Crippen molar-refractivity contribution in [3.05, 3.63) is 23.4 Å². The monoisotopic (exact) mass is 277 g/mol. The molecule has 0 bridgehead atoms. The van der Waals surface area contributed by atoms with Crippen molar-refractivity contribution in [2.75, 3.05) is 5.32 Å². The van der Waals surface area contributed by atoms with Gasteiger partial charge < -0.3 is 5.32 Å². The lowest BCUT2D eigenvalue weighted by molar-refractivity contribution is -0.123. The lowest BCUT2D eigenvalue weighted by atomic mass is 9.81. The minimum Gasteiger partial charge on any atom is -0.309 e. The van der Waals surface area contributed by atoms with Gasteiger partial charge in [-0.2, -0.15) is 5.26 Å². The van der Waals surface area contributed by atoms with Crippen LogP contribution in [-0.2, 0) is 4.79 Å². The Kier molecular flexibility index (Phi) is 4.39. The van der Waals surface area contributed by atoms with Gasteiger partial charge in [0.25, 0.3) is 0 Å². The topological polar surface area (TPSA) is 65.8 Å². The van der Waals surface area contributed by atoms with Gasteiger partial charge >= 0.3 is 0 Å². The minimum absolute atomic E-state index is 0.244. The second-order valence-corrected chi connectivity index (χ2v) is 5.36. The first kappa shape index (κ1) is 13.8. The van der Waals surface area contributed by atoms with E-state index in [9.17, 15) is 10.1 Å². The Morgan fingerprint density at radius 2 is 2.00 bits per heavy atom. The Bertz CT molecular complexity index is 484. The van der Waals surface area contributed by atoms with E-state index in [2.05, 4.69) is 16.4 Å². The summed E-state index contributed by atoms with van der Waals surface area (Å²) in [5.74, 6) is 0.194. The van der Waals surface area contributed by atoms with Crippen LogP contribution < -0.4 is 5.32 Å². The van der Waals surface area contributed by atoms with Crippen molar-refractivity contribution in [1.82, 2.24) is 4.98 Å². The van der Waals surface area contributed by atoms with Crippen molar-refractivity contribution < 1.29 is 4.79 Å². The highest BCUT2D eigenvalue weighted by Crippen LogP contribution is 2.35. The highest BCUT2D eigenvalue weighted by atomic mass is 35.5. The lowest BCUT2D eigenvalue weighted by Crippen LogP contribution is -2.34. The lowest BCUT2D eigenvalue weighted by Gasteiger charge is -2.23. The number of halogens is 1. The first-order chi connectivity index (χ1) is 9.16. The number of nitrogens with zero attached hydrogens (tertiary/aromatic N) is 2. The number of anilines is 1. The summed E-state index contributed by atoms with van der Waals surface area (Å²) in [6.07, 6.45) is 6.77. The molecule has 0 aromatic carbocycles. The van der Waals surface area contributed by atoms with Crippen molar-refractivity contribution >= 4 is 23.3 Å². The fourth-order valence-electron chi connectivity index (χ4n) is 2.41. The van der Waals surface area contributed by atoms with Gasteiger partial charge in [-0.25, -0.2) is 4.98 Å². The fourth-order valence-corrected chi connectivity index (χ4v) is 2.52. The number of carbonyl (C=O) groups is 1. The number of hydrogen-bond acceptors (Lipinski definition) is 3. The van der Waals surface area contributed by atoms with Crippen LogP contribution in [0.4, 0.5) is 5.82 Å². The molecule has 1 fully saturated rings. The van der Waals surface area contributed by atoms with Crippen LogP contribution in [0, 0.1) is 16.7 Å². The first-order valence-corrected chi connectivity index (χ1v) is 6.88. The van der Waals surface area contributed by atoms with E-state index in [1.165, 1.54) is 6.20 Å². The Morgan fingerprint density at radius 1 is 1.32 bits per heavy atom. The summed E-state index contributed by atoms with van der Waals surface area (Å²) in [5.41, 5.74) is -0.905. The Labute approximate surface area is 117 Å². The molecule has 1 saturated carbocycles. The molecule has 1 aromatic rings. The van der Waals surface area contributed by atoms with Crippen LogP contribution >= 0.6 is 11.6 Å². The van der Waals surface area contributed by atoms with Gasteiger partial charge in [-0.1, -0.05) is 37.3 Å². The third-order valence-corrected chi connectivity index (χ3v) is 3.80. The molecule has 1 aliphatic carbocycles.